The highest BCUT2D eigenvalue weighted by molar-refractivity contribution is 5.70. The van der Waals surface area contributed by atoms with Gasteiger partial charge in [-0.05, 0) is 25.0 Å². The van der Waals surface area contributed by atoms with Gasteiger partial charge in [0.25, 0.3) is 0 Å². The molecule has 1 aromatic carbocycles. The van der Waals surface area contributed by atoms with E-state index in [9.17, 15) is 9.18 Å². The van der Waals surface area contributed by atoms with Crippen LogP contribution in [-0.2, 0) is 16.0 Å². The summed E-state index contributed by atoms with van der Waals surface area (Å²) in [4.78, 5) is 10.9. The predicted molar refractivity (Wildman–Crippen MR) is 57.7 cm³/mol. The molecule has 0 fully saturated rings. The van der Waals surface area contributed by atoms with Crippen molar-refractivity contribution in [2.45, 2.75) is 13.3 Å². The minimum atomic E-state index is -0.961. The zero-order valence-electron chi connectivity index (χ0n) is 9.15. The van der Waals surface area contributed by atoms with E-state index in [-0.39, 0.29) is 18.8 Å². The van der Waals surface area contributed by atoms with Crippen molar-refractivity contribution in [3.63, 3.8) is 0 Å². The van der Waals surface area contributed by atoms with Crippen LogP contribution in [0.1, 0.15) is 12.5 Å². The Hall–Kier alpha value is -1.42. The summed E-state index contributed by atoms with van der Waals surface area (Å²) < 4.78 is 18.4. The van der Waals surface area contributed by atoms with Crippen LogP contribution in [0.5, 0.6) is 0 Å². The highest BCUT2D eigenvalue weighted by Crippen LogP contribution is 2.13. The number of carboxylic acids is 1. The number of carbonyl (C=O) groups is 1. The Labute approximate surface area is 93.9 Å². The number of hydrogen-bond acceptors (Lipinski definition) is 2. The van der Waals surface area contributed by atoms with Crippen LogP contribution in [0.4, 0.5) is 4.39 Å². The second-order valence-corrected chi connectivity index (χ2v) is 3.49. The first-order chi connectivity index (χ1) is 7.65. The Morgan fingerprint density at radius 3 is 2.75 bits per heavy atom. The average molecular weight is 226 g/mol. The fourth-order valence-electron chi connectivity index (χ4n) is 1.41. The van der Waals surface area contributed by atoms with Crippen LogP contribution in [0.25, 0.3) is 0 Å². The molecule has 0 spiro atoms. The lowest BCUT2D eigenvalue weighted by Crippen LogP contribution is -2.22. The van der Waals surface area contributed by atoms with Crippen LogP contribution in [0.3, 0.4) is 0 Å². The molecule has 1 rings (SSSR count). The Balaban J connectivity index is 2.68. The minimum absolute atomic E-state index is 0.111. The third kappa shape index (κ3) is 3.62. The van der Waals surface area contributed by atoms with Crippen molar-refractivity contribution >= 4 is 5.97 Å². The zero-order valence-corrected chi connectivity index (χ0v) is 9.15. The lowest BCUT2D eigenvalue weighted by molar-refractivity contribution is -0.143. The van der Waals surface area contributed by atoms with E-state index in [4.69, 9.17) is 9.84 Å². The van der Waals surface area contributed by atoms with Gasteiger partial charge in [-0.15, -0.1) is 0 Å². The van der Waals surface area contributed by atoms with Crippen LogP contribution in [-0.4, -0.2) is 24.3 Å². The molecule has 0 radical (unpaired) electrons. The van der Waals surface area contributed by atoms with Crippen molar-refractivity contribution in [3.8, 4) is 0 Å². The van der Waals surface area contributed by atoms with Gasteiger partial charge in [0.2, 0.25) is 0 Å². The largest absolute Gasteiger partial charge is 0.481 e. The molecule has 0 aromatic heterocycles. The summed E-state index contributed by atoms with van der Waals surface area (Å²) in [6.07, 6.45) is 0.155. The van der Waals surface area contributed by atoms with Crippen LogP contribution >= 0.6 is 0 Å². The van der Waals surface area contributed by atoms with E-state index in [1.165, 1.54) is 6.07 Å². The van der Waals surface area contributed by atoms with E-state index in [1.807, 2.05) is 0 Å². The van der Waals surface area contributed by atoms with Gasteiger partial charge in [0.1, 0.15) is 5.82 Å². The molecule has 88 valence electrons. The van der Waals surface area contributed by atoms with Crippen molar-refractivity contribution in [3.05, 3.63) is 35.6 Å². The number of ether oxygens (including phenoxy) is 1. The molecule has 1 N–H and O–H groups in total. The molecule has 16 heavy (non-hydrogen) atoms. The first-order valence-electron chi connectivity index (χ1n) is 5.19. The minimum Gasteiger partial charge on any atom is -0.481 e. The molecular formula is C12H15FO3. The quantitative estimate of drug-likeness (QED) is 0.808. The van der Waals surface area contributed by atoms with Crippen LogP contribution in [0.2, 0.25) is 0 Å². The molecule has 0 aliphatic carbocycles. The Bertz CT molecular complexity index is 352. The predicted octanol–water partition coefficient (Wildman–Crippen LogP) is 2.11. The normalized spacial score (nSPS) is 12.4. The average Bonchev–Trinajstić information content (AvgIpc) is 2.26. The summed E-state index contributed by atoms with van der Waals surface area (Å²) in [5.74, 6) is -2.03. The monoisotopic (exact) mass is 226 g/mol. The van der Waals surface area contributed by atoms with Crippen LogP contribution in [0.15, 0.2) is 24.3 Å². The molecular weight excluding hydrogens is 211 g/mol. The van der Waals surface area contributed by atoms with E-state index >= 15 is 0 Å². The maximum atomic E-state index is 13.3. The Morgan fingerprint density at radius 1 is 1.50 bits per heavy atom. The number of rotatable bonds is 6. The molecule has 0 bridgehead atoms. The van der Waals surface area contributed by atoms with Crippen LogP contribution < -0.4 is 0 Å². The topological polar surface area (TPSA) is 46.5 Å². The van der Waals surface area contributed by atoms with Crippen molar-refractivity contribution < 1.29 is 19.0 Å². The third-order valence-corrected chi connectivity index (χ3v) is 2.30. The lowest BCUT2D eigenvalue weighted by atomic mass is 10.00. The van der Waals surface area contributed by atoms with E-state index < -0.39 is 11.9 Å². The van der Waals surface area contributed by atoms with Gasteiger partial charge >= 0.3 is 5.97 Å². The van der Waals surface area contributed by atoms with E-state index in [0.29, 0.717) is 12.2 Å². The summed E-state index contributed by atoms with van der Waals surface area (Å²) in [6.45, 7) is 2.36. The Morgan fingerprint density at radius 2 is 2.19 bits per heavy atom. The van der Waals surface area contributed by atoms with Gasteiger partial charge in [0.15, 0.2) is 0 Å². The van der Waals surface area contributed by atoms with E-state index in [1.54, 1.807) is 25.1 Å². The highest BCUT2D eigenvalue weighted by Gasteiger charge is 2.19. The summed E-state index contributed by atoms with van der Waals surface area (Å²) in [7, 11) is 0. The molecule has 1 unspecified atom stereocenters. The molecule has 0 aliphatic heterocycles. The van der Waals surface area contributed by atoms with Crippen molar-refractivity contribution in [2.24, 2.45) is 5.92 Å². The van der Waals surface area contributed by atoms with Gasteiger partial charge < -0.3 is 9.84 Å². The molecule has 0 saturated carbocycles. The number of hydrogen-bond donors (Lipinski definition) is 1. The van der Waals surface area contributed by atoms with Gasteiger partial charge in [-0.1, -0.05) is 18.2 Å². The highest BCUT2D eigenvalue weighted by atomic mass is 19.1. The number of aliphatic carboxylic acids is 1. The smallest absolute Gasteiger partial charge is 0.309 e. The van der Waals surface area contributed by atoms with Gasteiger partial charge in [-0.2, -0.15) is 0 Å². The van der Waals surface area contributed by atoms with Gasteiger partial charge in [0.05, 0.1) is 12.5 Å². The summed E-state index contributed by atoms with van der Waals surface area (Å²) >= 11 is 0. The molecule has 0 amide bonds. The fraction of sp³-hybridized carbons (Fsp3) is 0.417. The SMILES string of the molecule is CCOCC(Cc1ccccc1F)C(=O)O. The molecule has 4 heteroatoms. The molecule has 0 aliphatic rings. The first-order valence-corrected chi connectivity index (χ1v) is 5.19. The summed E-state index contributed by atoms with van der Waals surface area (Å²) in [5.41, 5.74) is 0.412. The third-order valence-electron chi connectivity index (χ3n) is 2.30. The van der Waals surface area contributed by atoms with Crippen molar-refractivity contribution in [1.29, 1.82) is 0 Å². The molecule has 3 nitrogen and oxygen atoms in total. The van der Waals surface area contributed by atoms with Crippen LogP contribution in [0, 0.1) is 11.7 Å². The van der Waals surface area contributed by atoms with E-state index in [2.05, 4.69) is 0 Å². The molecule has 1 aromatic rings. The van der Waals surface area contributed by atoms with Gasteiger partial charge in [-0.3, -0.25) is 4.79 Å². The maximum absolute atomic E-state index is 13.3. The van der Waals surface area contributed by atoms with E-state index in [0.717, 1.165) is 0 Å². The molecule has 0 saturated heterocycles. The lowest BCUT2D eigenvalue weighted by Gasteiger charge is -2.12. The standard InChI is InChI=1S/C12H15FO3/c1-2-16-8-10(12(14)15)7-9-5-3-4-6-11(9)13/h3-6,10H,2,7-8H2,1H3,(H,14,15). The fourth-order valence-corrected chi connectivity index (χ4v) is 1.41. The number of halogens is 1. The number of benzene rings is 1. The van der Waals surface area contributed by atoms with Gasteiger partial charge in [-0.25, -0.2) is 4.39 Å². The number of carboxylic acid groups (broad SMARTS) is 1. The molecule has 0 heterocycles. The summed E-state index contributed by atoms with van der Waals surface area (Å²) in [6, 6.07) is 6.20. The summed E-state index contributed by atoms with van der Waals surface area (Å²) in [5, 5.41) is 8.95. The maximum Gasteiger partial charge on any atom is 0.309 e. The van der Waals surface area contributed by atoms with Crippen molar-refractivity contribution in [2.75, 3.05) is 13.2 Å². The van der Waals surface area contributed by atoms with Crippen molar-refractivity contribution in [1.82, 2.24) is 0 Å². The first kappa shape index (κ1) is 12.6. The second kappa shape index (κ2) is 6.23. The molecule has 1 atom stereocenters. The zero-order chi connectivity index (χ0) is 12.0. The second-order valence-electron chi connectivity index (χ2n) is 3.49. The van der Waals surface area contributed by atoms with Gasteiger partial charge in [0, 0.05) is 6.61 Å². The Kier molecular flexibility index (Phi) is 4.92.